The Labute approximate surface area is 147 Å². The van der Waals surface area contributed by atoms with Crippen LogP contribution in [0.2, 0.25) is 0 Å². The summed E-state index contributed by atoms with van der Waals surface area (Å²) in [4.78, 5) is 16.4. The fourth-order valence-electron chi connectivity index (χ4n) is 3.05. The zero-order valence-electron chi connectivity index (χ0n) is 14.8. The number of likely N-dealkylation sites (N-methyl/N-ethyl adjacent to an activating group) is 1. The summed E-state index contributed by atoms with van der Waals surface area (Å²) in [6.45, 7) is 7.46. The number of hydrogen-bond acceptors (Lipinski definition) is 5. The second-order valence-electron chi connectivity index (χ2n) is 7.34. The van der Waals surface area contributed by atoms with E-state index in [1.54, 1.807) is 4.90 Å². The topological polar surface area (TPSA) is 45.7 Å². The van der Waals surface area contributed by atoms with Crippen molar-refractivity contribution < 1.29 is 9.53 Å². The standard InChI is InChI=1S/C18H25N3O2S/c1-18(2,3)23-17(22)20(4)13-8-7-11-21(12-13)16-14-9-5-6-10-15(14)24-19-16/h5-6,9-10,13H,7-8,11-12H2,1-4H3/t13-/m1/s1. The molecule has 3 rings (SSSR count). The highest BCUT2D eigenvalue weighted by Crippen LogP contribution is 2.31. The van der Waals surface area contributed by atoms with Crippen LogP contribution in [0, 0.1) is 0 Å². The summed E-state index contributed by atoms with van der Waals surface area (Å²) in [5.41, 5.74) is -0.467. The van der Waals surface area contributed by atoms with Crippen LogP contribution in [-0.4, -0.2) is 47.1 Å². The number of aromatic nitrogens is 1. The molecular weight excluding hydrogens is 322 g/mol. The van der Waals surface area contributed by atoms with Crippen molar-refractivity contribution in [2.24, 2.45) is 0 Å². The molecule has 0 N–H and O–H groups in total. The van der Waals surface area contributed by atoms with Crippen molar-refractivity contribution in [2.45, 2.75) is 45.3 Å². The third-order valence-corrected chi connectivity index (χ3v) is 5.10. The average Bonchev–Trinajstić information content (AvgIpc) is 2.96. The van der Waals surface area contributed by atoms with Gasteiger partial charge in [-0.05, 0) is 57.3 Å². The first-order valence-corrected chi connectivity index (χ1v) is 9.18. The van der Waals surface area contributed by atoms with Crippen molar-refractivity contribution in [3.8, 4) is 0 Å². The molecule has 0 radical (unpaired) electrons. The van der Waals surface area contributed by atoms with E-state index in [2.05, 4.69) is 27.5 Å². The molecule has 0 aliphatic carbocycles. The quantitative estimate of drug-likeness (QED) is 0.819. The fraction of sp³-hybridized carbons (Fsp3) is 0.556. The van der Waals surface area contributed by atoms with E-state index in [1.807, 2.05) is 33.9 Å². The Hall–Kier alpha value is -1.82. The predicted octanol–water partition coefficient (Wildman–Crippen LogP) is 4.13. The number of carbonyl (C=O) groups excluding carboxylic acids is 1. The van der Waals surface area contributed by atoms with Crippen LogP contribution in [0.5, 0.6) is 0 Å². The number of benzene rings is 1. The molecule has 2 heterocycles. The lowest BCUT2D eigenvalue weighted by Crippen LogP contribution is -2.50. The Morgan fingerprint density at radius 2 is 2.12 bits per heavy atom. The van der Waals surface area contributed by atoms with Crippen LogP contribution < -0.4 is 4.90 Å². The normalized spacial score (nSPS) is 18.7. The first kappa shape index (κ1) is 17.0. The van der Waals surface area contributed by atoms with Crippen molar-refractivity contribution in [1.82, 2.24) is 9.27 Å². The number of fused-ring (bicyclic) bond motifs is 1. The molecule has 1 amide bonds. The van der Waals surface area contributed by atoms with Crippen molar-refractivity contribution in [3.63, 3.8) is 0 Å². The highest BCUT2D eigenvalue weighted by atomic mass is 32.1. The van der Waals surface area contributed by atoms with Crippen LogP contribution in [-0.2, 0) is 4.74 Å². The highest BCUT2D eigenvalue weighted by Gasteiger charge is 2.30. The van der Waals surface area contributed by atoms with Crippen LogP contribution in [0.3, 0.4) is 0 Å². The number of ether oxygens (including phenoxy) is 1. The minimum atomic E-state index is -0.467. The van der Waals surface area contributed by atoms with E-state index in [1.165, 1.54) is 21.6 Å². The molecule has 0 bridgehead atoms. The molecule has 1 aromatic carbocycles. The zero-order chi connectivity index (χ0) is 17.3. The number of anilines is 1. The molecule has 1 saturated heterocycles. The van der Waals surface area contributed by atoms with Crippen LogP contribution in [0.4, 0.5) is 10.6 Å². The predicted molar refractivity (Wildman–Crippen MR) is 98.9 cm³/mol. The molecule has 1 aliphatic rings. The summed E-state index contributed by atoms with van der Waals surface area (Å²) in [6.07, 6.45) is 1.79. The summed E-state index contributed by atoms with van der Waals surface area (Å²) < 4.78 is 11.4. The molecule has 0 unspecified atom stereocenters. The molecule has 0 spiro atoms. The van der Waals surface area contributed by atoms with Gasteiger partial charge in [-0.2, -0.15) is 4.37 Å². The summed E-state index contributed by atoms with van der Waals surface area (Å²) in [5, 5.41) is 1.20. The number of hydrogen-bond donors (Lipinski definition) is 0. The Kier molecular flexibility index (Phi) is 4.67. The van der Waals surface area contributed by atoms with E-state index in [-0.39, 0.29) is 12.1 Å². The molecule has 24 heavy (non-hydrogen) atoms. The van der Waals surface area contributed by atoms with Gasteiger partial charge in [-0.3, -0.25) is 0 Å². The summed E-state index contributed by atoms with van der Waals surface area (Å²) in [5.74, 6) is 1.04. The Balaban J connectivity index is 1.73. The minimum absolute atomic E-state index is 0.147. The lowest BCUT2D eigenvalue weighted by atomic mass is 10.0. The van der Waals surface area contributed by atoms with Crippen LogP contribution in [0.1, 0.15) is 33.6 Å². The maximum absolute atomic E-state index is 12.3. The van der Waals surface area contributed by atoms with E-state index >= 15 is 0 Å². The van der Waals surface area contributed by atoms with Crippen LogP contribution in [0.15, 0.2) is 24.3 Å². The van der Waals surface area contributed by atoms with Gasteiger partial charge < -0.3 is 14.5 Å². The van der Waals surface area contributed by atoms with Gasteiger partial charge >= 0.3 is 6.09 Å². The number of carbonyl (C=O) groups is 1. The van der Waals surface area contributed by atoms with Crippen molar-refractivity contribution >= 4 is 33.5 Å². The monoisotopic (exact) mass is 347 g/mol. The fourth-order valence-corrected chi connectivity index (χ4v) is 3.84. The number of amides is 1. The Bertz CT molecular complexity index is 722. The number of piperidine rings is 1. The van der Waals surface area contributed by atoms with Crippen molar-refractivity contribution in [2.75, 3.05) is 25.0 Å². The van der Waals surface area contributed by atoms with E-state index in [0.29, 0.717) is 0 Å². The summed E-state index contributed by atoms with van der Waals surface area (Å²) >= 11 is 1.53. The molecule has 2 aromatic rings. The second kappa shape index (κ2) is 6.59. The number of rotatable bonds is 2. The Morgan fingerprint density at radius 3 is 2.88 bits per heavy atom. The van der Waals surface area contributed by atoms with Gasteiger partial charge in [-0.25, -0.2) is 4.79 Å². The van der Waals surface area contributed by atoms with Gasteiger partial charge in [0.15, 0.2) is 0 Å². The molecule has 1 aromatic heterocycles. The van der Waals surface area contributed by atoms with E-state index in [9.17, 15) is 4.79 Å². The lowest BCUT2D eigenvalue weighted by molar-refractivity contribution is 0.0210. The first-order valence-electron chi connectivity index (χ1n) is 8.40. The summed E-state index contributed by atoms with van der Waals surface area (Å²) in [7, 11) is 1.83. The van der Waals surface area contributed by atoms with Gasteiger partial charge in [0.25, 0.3) is 0 Å². The molecular formula is C18H25N3O2S. The van der Waals surface area contributed by atoms with Crippen LogP contribution >= 0.6 is 11.5 Å². The second-order valence-corrected chi connectivity index (χ2v) is 8.14. The van der Waals surface area contributed by atoms with Crippen LogP contribution in [0.25, 0.3) is 10.1 Å². The van der Waals surface area contributed by atoms with Gasteiger partial charge in [0.1, 0.15) is 11.4 Å². The minimum Gasteiger partial charge on any atom is -0.444 e. The van der Waals surface area contributed by atoms with Gasteiger partial charge in [0.2, 0.25) is 0 Å². The van der Waals surface area contributed by atoms with Gasteiger partial charge in [-0.1, -0.05) is 12.1 Å². The average molecular weight is 347 g/mol. The SMILES string of the molecule is CN(C(=O)OC(C)(C)C)[C@@H]1CCCN(c2nsc3ccccc23)C1. The third kappa shape index (κ3) is 3.64. The maximum Gasteiger partial charge on any atom is 0.410 e. The lowest BCUT2D eigenvalue weighted by Gasteiger charge is -2.38. The van der Waals surface area contributed by atoms with Crippen molar-refractivity contribution in [1.29, 1.82) is 0 Å². The number of nitrogens with zero attached hydrogens (tertiary/aromatic N) is 3. The molecule has 1 fully saturated rings. The van der Waals surface area contributed by atoms with E-state index in [4.69, 9.17) is 4.74 Å². The molecule has 130 valence electrons. The summed E-state index contributed by atoms with van der Waals surface area (Å²) in [6, 6.07) is 8.46. The van der Waals surface area contributed by atoms with Gasteiger partial charge in [-0.15, -0.1) is 0 Å². The van der Waals surface area contributed by atoms with Gasteiger partial charge in [0, 0.05) is 25.5 Å². The smallest absolute Gasteiger partial charge is 0.410 e. The molecule has 0 saturated carbocycles. The highest BCUT2D eigenvalue weighted by molar-refractivity contribution is 7.13. The Morgan fingerprint density at radius 1 is 1.38 bits per heavy atom. The van der Waals surface area contributed by atoms with E-state index in [0.717, 1.165) is 31.7 Å². The molecule has 5 nitrogen and oxygen atoms in total. The van der Waals surface area contributed by atoms with E-state index < -0.39 is 5.60 Å². The maximum atomic E-state index is 12.3. The molecule has 1 atom stereocenters. The first-order chi connectivity index (χ1) is 11.3. The molecule has 1 aliphatic heterocycles. The largest absolute Gasteiger partial charge is 0.444 e. The van der Waals surface area contributed by atoms with Gasteiger partial charge in [0.05, 0.1) is 10.7 Å². The molecule has 6 heteroatoms. The third-order valence-electron chi connectivity index (χ3n) is 4.28. The van der Waals surface area contributed by atoms with Crippen molar-refractivity contribution in [3.05, 3.63) is 24.3 Å². The zero-order valence-corrected chi connectivity index (χ0v) is 15.6.